The third kappa shape index (κ3) is 3.55. The molecule has 2 rings (SSSR count). The van der Waals surface area contributed by atoms with Crippen molar-refractivity contribution in [2.75, 3.05) is 7.05 Å². The monoisotopic (exact) mass is 250 g/mol. The summed E-state index contributed by atoms with van der Waals surface area (Å²) in [6.07, 6.45) is 6.98. The molecule has 1 aliphatic rings. The van der Waals surface area contributed by atoms with Gasteiger partial charge in [-0.1, -0.05) is 25.7 Å². The lowest BCUT2D eigenvalue weighted by molar-refractivity contribution is -0.130. The molecule has 5 heteroatoms. The zero-order valence-corrected chi connectivity index (χ0v) is 11.3. The number of nitrogens with zero attached hydrogens (tertiary/aromatic N) is 3. The number of aromatic nitrogens is 3. The highest BCUT2D eigenvalue weighted by Gasteiger charge is 2.18. The summed E-state index contributed by atoms with van der Waals surface area (Å²) in [5.41, 5.74) is 0. The minimum absolute atomic E-state index is 0.198. The second kappa shape index (κ2) is 5.98. The van der Waals surface area contributed by atoms with Gasteiger partial charge in [0.15, 0.2) is 5.82 Å². The Kier molecular flexibility index (Phi) is 4.33. The fourth-order valence-electron chi connectivity index (χ4n) is 2.58. The van der Waals surface area contributed by atoms with Crippen molar-refractivity contribution in [1.29, 1.82) is 0 Å². The number of aromatic amines is 1. The third-order valence-electron chi connectivity index (χ3n) is 3.69. The van der Waals surface area contributed by atoms with Crippen molar-refractivity contribution in [2.24, 2.45) is 5.92 Å². The van der Waals surface area contributed by atoms with Crippen molar-refractivity contribution >= 4 is 5.91 Å². The lowest BCUT2D eigenvalue weighted by Gasteiger charge is -2.16. The smallest absolute Gasteiger partial charge is 0.222 e. The largest absolute Gasteiger partial charge is 0.338 e. The minimum atomic E-state index is 0.198. The van der Waals surface area contributed by atoms with E-state index in [9.17, 15) is 4.79 Å². The molecule has 0 bridgehead atoms. The first-order valence-electron chi connectivity index (χ1n) is 6.77. The second-order valence-corrected chi connectivity index (χ2v) is 5.28. The van der Waals surface area contributed by atoms with Crippen LogP contribution in [0.5, 0.6) is 0 Å². The fourth-order valence-corrected chi connectivity index (χ4v) is 2.58. The average Bonchev–Trinajstić information content (AvgIpc) is 2.97. The average molecular weight is 250 g/mol. The summed E-state index contributed by atoms with van der Waals surface area (Å²) in [5.74, 6) is 2.44. The van der Waals surface area contributed by atoms with E-state index in [4.69, 9.17) is 0 Å². The van der Waals surface area contributed by atoms with Gasteiger partial charge in [-0.05, 0) is 19.3 Å². The first-order chi connectivity index (χ1) is 8.65. The van der Waals surface area contributed by atoms with Crippen molar-refractivity contribution in [3.8, 4) is 0 Å². The van der Waals surface area contributed by atoms with Crippen LogP contribution in [0.1, 0.15) is 50.2 Å². The number of nitrogens with one attached hydrogen (secondary N) is 1. The van der Waals surface area contributed by atoms with Gasteiger partial charge in [0.05, 0.1) is 6.54 Å². The van der Waals surface area contributed by atoms with E-state index in [0.29, 0.717) is 18.8 Å². The molecule has 0 aliphatic heterocycles. The second-order valence-electron chi connectivity index (χ2n) is 5.28. The number of amides is 1. The first-order valence-corrected chi connectivity index (χ1v) is 6.77. The normalized spacial score (nSPS) is 16.1. The molecule has 1 fully saturated rings. The predicted molar refractivity (Wildman–Crippen MR) is 68.8 cm³/mol. The maximum absolute atomic E-state index is 12.0. The van der Waals surface area contributed by atoms with Gasteiger partial charge in [0.2, 0.25) is 5.91 Å². The Morgan fingerprint density at radius 2 is 2.17 bits per heavy atom. The van der Waals surface area contributed by atoms with Gasteiger partial charge in [-0.3, -0.25) is 9.89 Å². The molecule has 1 heterocycles. The third-order valence-corrected chi connectivity index (χ3v) is 3.69. The molecule has 0 unspecified atom stereocenters. The number of aryl methyl sites for hydroxylation is 1. The Bertz CT molecular complexity index is 395. The van der Waals surface area contributed by atoms with Crippen LogP contribution in [0.4, 0.5) is 0 Å². The number of carbonyl (C=O) groups excluding carboxylic acids is 1. The van der Waals surface area contributed by atoms with E-state index in [-0.39, 0.29) is 5.91 Å². The summed E-state index contributed by atoms with van der Waals surface area (Å²) >= 11 is 0. The van der Waals surface area contributed by atoms with Crippen molar-refractivity contribution in [3.63, 3.8) is 0 Å². The summed E-state index contributed by atoms with van der Waals surface area (Å²) in [6.45, 7) is 2.35. The highest BCUT2D eigenvalue weighted by atomic mass is 16.2. The molecule has 0 atom stereocenters. The summed E-state index contributed by atoms with van der Waals surface area (Å²) in [6, 6.07) is 0. The van der Waals surface area contributed by atoms with E-state index in [1.54, 1.807) is 4.90 Å². The summed E-state index contributed by atoms with van der Waals surface area (Å²) < 4.78 is 0. The topological polar surface area (TPSA) is 61.9 Å². The Morgan fingerprint density at radius 3 is 2.78 bits per heavy atom. The Labute approximate surface area is 108 Å². The van der Waals surface area contributed by atoms with Crippen molar-refractivity contribution in [2.45, 2.75) is 52.0 Å². The summed E-state index contributed by atoms with van der Waals surface area (Å²) in [5, 5.41) is 6.84. The van der Waals surface area contributed by atoms with Crippen LogP contribution in [-0.4, -0.2) is 33.0 Å². The SMILES string of the molecule is Cc1nc(CN(C)C(=O)CCC2CCCC2)n[nH]1. The van der Waals surface area contributed by atoms with Crippen LogP contribution in [0.15, 0.2) is 0 Å². The van der Waals surface area contributed by atoms with Gasteiger partial charge in [0.1, 0.15) is 5.82 Å². The molecule has 18 heavy (non-hydrogen) atoms. The van der Waals surface area contributed by atoms with E-state index >= 15 is 0 Å². The van der Waals surface area contributed by atoms with Gasteiger partial charge >= 0.3 is 0 Å². The predicted octanol–water partition coefficient (Wildman–Crippen LogP) is 2.04. The molecule has 0 radical (unpaired) electrons. The lowest BCUT2D eigenvalue weighted by Crippen LogP contribution is -2.26. The Balaban J connectivity index is 1.74. The van der Waals surface area contributed by atoms with Crippen molar-refractivity contribution in [1.82, 2.24) is 20.1 Å². The van der Waals surface area contributed by atoms with Crippen LogP contribution in [0.25, 0.3) is 0 Å². The number of H-pyrrole nitrogens is 1. The molecule has 5 nitrogen and oxygen atoms in total. The standard InChI is InChI=1S/C13H22N4O/c1-10-14-12(16-15-10)9-17(2)13(18)8-7-11-5-3-4-6-11/h11H,3-9H2,1-2H3,(H,14,15,16). The zero-order valence-electron chi connectivity index (χ0n) is 11.3. The summed E-state index contributed by atoms with van der Waals surface area (Å²) in [4.78, 5) is 17.9. The molecular formula is C13H22N4O. The van der Waals surface area contributed by atoms with Gasteiger partial charge < -0.3 is 4.90 Å². The van der Waals surface area contributed by atoms with E-state index < -0.39 is 0 Å². The number of hydrogen-bond donors (Lipinski definition) is 1. The van der Waals surface area contributed by atoms with E-state index in [1.165, 1.54) is 25.7 Å². The highest BCUT2D eigenvalue weighted by Crippen LogP contribution is 2.28. The molecule has 1 aromatic rings. The Morgan fingerprint density at radius 1 is 1.44 bits per heavy atom. The van der Waals surface area contributed by atoms with Crippen LogP contribution in [-0.2, 0) is 11.3 Å². The van der Waals surface area contributed by atoms with E-state index in [0.717, 1.165) is 18.2 Å². The number of rotatable bonds is 5. The van der Waals surface area contributed by atoms with Crippen LogP contribution in [0.2, 0.25) is 0 Å². The lowest BCUT2D eigenvalue weighted by atomic mass is 10.0. The van der Waals surface area contributed by atoms with E-state index in [2.05, 4.69) is 15.2 Å². The number of carbonyl (C=O) groups is 1. The Hall–Kier alpha value is -1.39. The molecular weight excluding hydrogens is 228 g/mol. The highest BCUT2D eigenvalue weighted by molar-refractivity contribution is 5.75. The molecule has 0 saturated heterocycles. The van der Waals surface area contributed by atoms with Crippen molar-refractivity contribution in [3.05, 3.63) is 11.6 Å². The summed E-state index contributed by atoms with van der Waals surface area (Å²) in [7, 11) is 1.82. The van der Waals surface area contributed by atoms with E-state index in [1.807, 2.05) is 14.0 Å². The molecule has 1 amide bonds. The van der Waals surface area contributed by atoms with Crippen LogP contribution < -0.4 is 0 Å². The number of hydrogen-bond acceptors (Lipinski definition) is 3. The van der Waals surface area contributed by atoms with Gasteiger partial charge in [0, 0.05) is 13.5 Å². The maximum Gasteiger partial charge on any atom is 0.222 e. The van der Waals surface area contributed by atoms with Gasteiger partial charge in [-0.25, -0.2) is 4.98 Å². The molecule has 0 aromatic carbocycles. The van der Waals surface area contributed by atoms with Crippen LogP contribution >= 0.6 is 0 Å². The maximum atomic E-state index is 12.0. The van der Waals surface area contributed by atoms with Crippen LogP contribution in [0.3, 0.4) is 0 Å². The molecule has 0 spiro atoms. The molecule has 1 aliphatic carbocycles. The van der Waals surface area contributed by atoms with Crippen molar-refractivity contribution < 1.29 is 4.79 Å². The molecule has 1 aromatic heterocycles. The first kappa shape index (κ1) is 13.1. The quantitative estimate of drug-likeness (QED) is 0.870. The zero-order chi connectivity index (χ0) is 13.0. The van der Waals surface area contributed by atoms with Gasteiger partial charge in [-0.2, -0.15) is 5.10 Å². The minimum Gasteiger partial charge on any atom is -0.338 e. The van der Waals surface area contributed by atoms with Gasteiger partial charge in [-0.15, -0.1) is 0 Å². The molecule has 1 saturated carbocycles. The molecule has 1 N–H and O–H groups in total. The van der Waals surface area contributed by atoms with Crippen LogP contribution in [0, 0.1) is 12.8 Å². The van der Waals surface area contributed by atoms with Gasteiger partial charge in [0.25, 0.3) is 0 Å². The fraction of sp³-hybridized carbons (Fsp3) is 0.769. The molecule has 100 valence electrons.